The molecule has 0 aliphatic carbocycles. The molecular formula is C18H18N4O4S. The van der Waals surface area contributed by atoms with Crippen molar-refractivity contribution in [3.8, 4) is 0 Å². The Morgan fingerprint density at radius 3 is 2.93 bits per heavy atom. The largest absolute Gasteiger partial charge is 0.367 e. The summed E-state index contributed by atoms with van der Waals surface area (Å²) in [5.41, 5.74) is 0.1000. The molecule has 4 rings (SSSR count). The zero-order valence-corrected chi connectivity index (χ0v) is 15.3. The Morgan fingerprint density at radius 1 is 1.44 bits per heavy atom. The summed E-state index contributed by atoms with van der Waals surface area (Å²) in [6.07, 6.45) is 3.22. The van der Waals surface area contributed by atoms with E-state index in [1.807, 2.05) is 4.90 Å². The minimum atomic E-state index is -1.34. The van der Waals surface area contributed by atoms with Gasteiger partial charge in [0.1, 0.15) is 0 Å². The highest BCUT2D eigenvalue weighted by molar-refractivity contribution is 7.80. The molecule has 0 saturated carbocycles. The van der Waals surface area contributed by atoms with Crippen LogP contribution >= 0.6 is 12.2 Å². The maximum absolute atomic E-state index is 13.5. The van der Waals surface area contributed by atoms with Crippen LogP contribution in [0.3, 0.4) is 0 Å². The molecule has 8 nitrogen and oxygen atoms in total. The van der Waals surface area contributed by atoms with Crippen molar-refractivity contribution in [2.75, 3.05) is 18.0 Å². The summed E-state index contributed by atoms with van der Waals surface area (Å²) in [5.74, 6) is -0.780. The van der Waals surface area contributed by atoms with Crippen LogP contribution in [0.1, 0.15) is 18.4 Å². The lowest BCUT2D eigenvalue weighted by Crippen LogP contribution is -2.71. The molecule has 1 aromatic carbocycles. The Kier molecular flexibility index (Phi) is 3.99. The van der Waals surface area contributed by atoms with Gasteiger partial charge in [0.2, 0.25) is 11.8 Å². The molecule has 1 aromatic rings. The number of hydrogen-bond acceptors (Lipinski definition) is 6. The first kappa shape index (κ1) is 17.6. The van der Waals surface area contributed by atoms with Crippen LogP contribution in [0.4, 0.5) is 11.4 Å². The number of nitro groups is 1. The molecule has 27 heavy (non-hydrogen) atoms. The summed E-state index contributed by atoms with van der Waals surface area (Å²) in [4.78, 5) is 40.7. The smallest absolute Gasteiger partial charge is 0.269 e. The van der Waals surface area contributed by atoms with Gasteiger partial charge in [-0.15, -0.1) is 6.58 Å². The van der Waals surface area contributed by atoms with E-state index in [2.05, 4.69) is 11.9 Å². The zero-order valence-electron chi connectivity index (χ0n) is 14.5. The minimum absolute atomic E-state index is 0.0521. The van der Waals surface area contributed by atoms with Gasteiger partial charge in [0, 0.05) is 37.3 Å². The van der Waals surface area contributed by atoms with E-state index in [0.29, 0.717) is 18.5 Å². The molecule has 9 heteroatoms. The van der Waals surface area contributed by atoms with E-state index >= 15 is 0 Å². The normalized spacial score (nSPS) is 26.7. The Morgan fingerprint density at radius 2 is 2.22 bits per heavy atom. The van der Waals surface area contributed by atoms with Gasteiger partial charge in [0.25, 0.3) is 5.69 Å². The number of rotatable bonds is 3. The number of benzene rings is 1. The van der Waals surface area contributed by atoms with E-state index in [4.69, 9.17) is 12.2 Å². The van der Waals surface area contributed by atoms with Crippen molar-refractivity contribution < 1.29 is 14.5 Å². The van der Waals surface area contributed by atoms with Gasteiger partial charge in [-0.1, -0.05) is 6.08 Å². The third-order valence-electron chi connectivity index (χ3n) is 5.68. The van der Waals surface area contributed by atoms with Gasteiger partial charge in [0.05, 0.1) is 11.0 Å². The minimum Gasteiger partial charge on any atom is -0.367 e. The fraction of sp³-hybridized carbons (Fsp3) is 0.389. The number of fused-ring (bicyclic) bond motifs is 4. The van der Waals surface area contributed by atoms with Crippen molar-refractivity contribution in [1.82, 2.24) is 10.2 Å². The zero-order chi connectivity index (χ0) is 19.3. The molecule has 1 spiro atoms. The number of nitrogens with zero attached hydrogens (tertiary/aromatic N) is 3. The fourth-order valence-corrected chi connectivity index (χ4v) is 4.79. The second-order valence-corrected chi connectivity index (χ2v) is 7.42. The van der Waals surface area contributed by atoms with E-state index in [-0.39, 0.29) is 35.7 Å². The average Bonchev–Trinajstić information content (AvgIpc) is 3.13. The maximum Gasteiger partial charge on any atom is 0.269 e. The SMILES string of the molecule is C=CCN1C(=O)[C@]2(Cc3cc([N+](=O)[O-])ccc3N3CCC[C@H]32)C(=O)NC1=S. The van der Waals surface area contributed by atoms with Crippen molar-refractivity contribution in [2.24, 2.45) is 5.41 Å². The lowest BCUT2D eigenvalue weighted by molar-refractivity contribution is -0.384. The quantitative estimate of drug-likeness (QED) is 0.278. The summed E-state index contributed by atoms with van der Waals surface area (Å²) in [7, 11) is 0. The molecule has 0 unspecified atom stereocenters. The molecule has 3 aliphatic rings. The van der Waals surface area contributed by atoms with Crippen molar-refractivity contribution in [1.29, 1.82) is 0 Å². The first-order valence-corrected chi connectivity index (χ1v) is 9.13. The number of amides is 2. The molecular weight excluding hydrogens is 368 g/mol. The van der Waals surface area contributed by atoms with E-state index in [1.165, 1.54) is 17.0 Å². The molecule has 0 bridgehead atoms. The van der Waals surface area contributed by atoms with E-state index < -0.39 is 16.2 Å². The summed E-state index contributed by atoms with van der Waals surface area (Å²) in [5, 5.41) is 13.9. The van der Waals surface area contributed by atoms with Crippen molar-refractivity contribution >= 4 is 40.5 Å². The number of thiocarbonyl (C=S) groups is 1. The molecule has 3 aliphatic heterocycles. The standard InChI is InChI=1S/C18H18N4O4S/c1-2-7-21-16(24)18(15(23)19-17(21)27)10-11-9-12(22(25)26)5-6-13(11)20-8-3-4-14(18)20/h2,5-6,9,14H,1,3-4,7-8,10H2,(H,19,23,27)/t14-,18-/m0/s1. The third kappa shape index (κ3) is 2.38. The van der Waals surface area contributed by atoms with E-state index in [0.717, 1.165) is 12.1 Å². The molecule has 2 saturated heterocycles. The highest BCUT2D eigenvalue weighted by atomic mass is 32.1. The molecule has 3 heterocycles. The van der Waals surface area contributed by atoms with Crippen LogP contribution in [0.25, 0.3) is 0 Å². The summed E-state index contributed by atoms with van der Waals surface area (Å²) < 4.78 is 0. The van der Waals surface area contributed by atoms with Gasteiger partial charge >= 0.3 is 0 Å². The molecule has 1 N–H and O–H groups in total. The van der Waals surface area contributed by atoms with Gasteiger partial charge in [-0.25, -0.2) is 0 Å². The lowest BCUT2D eigenvalue weighted by atomic mass is 9.68. The van der Waals surface area contributed by atoms with Gasteiger partial charge in [0.15, 0.2) is 10.5 Å². The summed E-state index contributed by atoms with van der Waals surface area (Å²) in [6.45, 7) is 4.56. The highest BCUT2D eigenvalue weighted by Crippen LogP contribution is 2.48. The average molecular weight is 386 g/mol. The Bertz CT molecular complexity index is 901. The monoisotopic (exact) mass is 386 g/mol. The highest BCUT2D eigenvalue weighted by Gasteiger charge is 2.62. The van der Waals surface area contributed by atoms with Crippen LogP contribution in [0, 0.1) is 15.5 Å². The Balaban J connectivity index is 1.87. The number of nitrogens with one attached hydrogen (secondary N) is 1. The third-order valence-corrected chi connectivity index (χ3v) is 6.01. The van der Waals surface area contributed by atoms with E-state index in [1.54, 1.807) is 12.1 Å². The maximum atomic E-state index is 13.5. The predicted molar refractivity (Wildman–Crippen MR) is 102 cm³/mol. The first-order valence-electron chi connectivity index (χ1n) is 8.72. The van der Waals surface area contributed by atoms with Crippen molar-refractivity contribution in [2.45, 2.75) is 25.3 Å². The molecule has 2 amide bonds. The fourth-order valence-electron chi connectivity index (χ4n) is 4.54. The van der Waals surface area contributed by atoms with E-state index in [9.17, 15) is 19.7 Å². The molecule has 0 radical (unpaired) electrons. The molecule has 0 aromatic heterocycles. The number of hydrogen-bond donors (Lipinski definition) is 1. The van der Waals surface area contributed by atoms with Gasteiger partial charge < -0.3 is 10.2 Å². The predicted octanol–water partition coefficient (Wildman–Crippen LogP) is 1.54. The Hall–Kier alpha value is -2.81. The van der Waals surface area contributed by atoms with Gasteiger partial charge in [-0.05, 0) is 36.7 Å². The van der Waals surface area contributed by atoms with Gasteiger partial charge in [-0.3, -0.25) is 24.6 Å². The van der Waals surface area contributed by atoms with Gasteiger partial charge in [-0.2, -0.15) is 0 Å². The number of carbonyl (C=O) groups excluding carboxylic acids is 2. The molecule has 2 atom stereocenters. The second kappa shape index (κ2) is 6.12. The van der Waals surface area contributed by atoms with Crippen LogP contribution in [-0.2, 0) is 16.0 Å². The van der Waals surface area contributed by atoms with Crippen molar-refractivity contribution in [3.05, 3.63) is 46.5 Å². The molecule has 2 fully saturated rings. The second-order valence-electron chi connectivity index (χ2n) is 7.03. The molecule has 140 valence electrons. The van der Waals surface area contributed by atoms with Crippen LogP contribution in [0.15, 0.2) is 30.9 Å². The number of nitro benzene ring substituents is 1. The number of non-ortho nitro benzene ring substituents is 1. The van der Waals surface area contributed by atoms with Crippen LogP contribution < -0.4 is 10.2 Å². The summed E-state index contributed by atoms with van der Waals surface area (Å²) in [6, 6.07) is 4.36. The topological polar surface area (TPSA) is 95.8 Å². The first-order chi connectivity index (χ1) is 12.9. The lowest BCUT2D eigenvalue weighted by Gasteiger charge is -2.50. The van der Waals surface area contributed by atoms with Crippen molar-refractivity contribution in [3.63, 3.8) is 0 Å². The number of carbonyl (C=O) groups is 2. The van der Waals surface area contributed by atoms with Crippen LogP contribution in [0.2, 0.25) is 0 Å². The Labute approximate surface area is 161 Å². The number of anilines is 1. The van der Waals surface area contributed by atoms with Crippen LogP contribution in [0.5, 0.6) is 0 Å². The summed E-state index contributed by atoms with van der Waals surface area (Å²) >= 11 is 5.17. The van der Waals surface area contributed by atoms with Crippen LogP contribution in [-0.4, -0.2) is 45.9 Å².